The largest absolute Gasteiger partial charge is 0.456 e. The molecule has 0 bridgehead atoms. The molecule has 0 fully saturated rings. The van der Waals surface area contributed by atoms with Crippen LogP contribution < -0.4 is 0 Å². The van der Waals surface area contributed by atoms with Crippen molar-refractivity contribution >= 4 is 65.3 Å². The van der Waals surface area contributed by atoms with Crippen LogP contribution in [-0.4, -0.2) is 9.97 Å². The fourth-order valence-corrected chi connectivity index (χ4v) is 7.11. The molecular weight excluding hydrogens is 572 g/mol. The van der Waals surface area contributed by atoms with E-state index in [-0.39, 0.29) is 0 Å². The number of para-hydroxylation sites is 1. The number of hydrogen-bond donors (Lipinski definition) is 0. The Bertz CT molecular complexity index is 2860. The van der Waals surface area contributed by atoms with Gasteiger partial charge in [-0.25, -0.2) is 9.97 Å². The van der Waals surface area contributed by atoms with Crippen molar-refractivity contribution in [1.82, 2.24) is 9.97 Å². The minimum atomic E-state index is 0.901. The molecule has 0 amide bonds. The van der Waals surface area contributed by atoms with Gasteiger partial charge >= 0.3 is 0 Å². The minimum absolute atomic E-state index is 0.901. The standard InChI is InChI=1S/C44H26N2O/c1-2-11-33-31(8-1)26-37(35-13-4-3-12-34(33)35)40-22-19-28-17-16-27-18-21-39(45-43(27)44(28)46-40)32-10-7-9-29(24-32)30-20-23-42-38(25-30)36-14-5-6-15-41(36)47-42/h1-26H. The third-order valence-corrected chi connectivity index (χ3v) is 9.43. The van der Waals surface area contributed by atoms with Crippen molar-refractivity contribution in [2.75, 3.05) is 0 Å². The number of nitrogens with zero attached hydrogens (tertiary/aromatic N) is 2. The second kappa shape index (κ2) is 10.1. The Morgan fingerprint density at radius 3 is 1.81 bits per heavy atom. The number of fused-ring (bicyclic) bond motifs is 9. The summed E-state index contributed by atoms with van der Waals surface area (Å²) in [4.78, 5) is 10.6. The molecule has 0 unspecified atom stereocenters. The number of benzene rings is 7. The summed E-state index contributed by atoms with van der Waals surface area (Å²) in [6.07, 6.45) is 0. The van der Waals surface area contributed by atoms with Gasteiger partial charge in [-0.3, -0.25) is 0 Å². The quantitative estimate of drug-likeness (QED) is 0.190. The van der Waals surface area contributed by atoms with Gasteiger partial charge in [0.05, 0.1) is 22.4 Å². The highest BCUT2D eigenvalue weighted by Crippen LogP contribution is 2.37. The normalized spacial score (nSPS) is 11.8. The summed E-state index contributed by atoms with van der Waals surface area (Å²) < 4.78 is 6.07. The summed E-state index contributed by atoms with van der Waals surface area (Å²) >= 11 is 0. The van der Waals surface area contributed by atoms with E-state index in [1.807, 2.05) is 12.1 Å². The van der Waals surface area contributed by atoms with Crippen LogP contribution in [0.3, 0.4) is 0 Å². The van der Waals surface area contributed by atoms with Gasteiger partial charge in [0.15, 0.2) is 0 Å². The maximum Gasteiger partial charge on any atom is 0.135 e. The van der Waals surface area contributed by atoms with E-state index in [0.717, 1.165) is 77.4 Å². The van der Waals surface area contributed by atoms with E-state index < -0.39 is 0 Å². The first-order valence-electron chi connectivity index (χ1n) is 15.9. The molecule has 3 heteroatoms. The molecule has 3 aromatic heterocycles. The van der Waals surface area contributed by atoms with Gasteiger partial charge in [0.25, 0.3) is 0 Å². The smallest absolute Gasteiger partial charge is 0.135 e. The molecule has 0 saturated carbocycles. The SMILES string of the molecule is c1cc(-c2ccc3oc4ccccc4c3c2)cc(-c2ccc3ccc4ccc(-c5cc6ccccc6c6ccccc56)nc4c3n2)c1. The fraction of sp³-hybridized carbons (Fsp3) is 0. The molecule has 0 aliphatic carbocycles. The van der Waals surface area contributed by atoms with Crippen molar-refractivity contribution in [3.8, 4) is 33.6 Å². The van der Waals surface area contributed by atoms with Crippen LogP contribution in [0.25, 0.3) is 98.9 Å². The topological polar surface area (TPSA) is 38.9 Å². The Hall–Kier alpha value is -6.32. The second-order valence-corrected chi connectivity index (χ2v) is 12.2. The molecule has 0 aliphatic heterocycles. The van der Waals surface area contributed by atoms with Crippen LogP contribution in [0.4, 0.5) is 0 Å². The number of pyridine rings is 2. The van der Waals surface area contributed by atoms with E-state index in [2.05, 4.69) is 146 Å². The fourth-order valence-electron chi connectivity index (χ4n) is 7.11. The predicted octanol–water partition coefficient (Wildman–Crippen LogP) is 12.0. The lowest BCUT2D eigenvalue weighted by Gasteiger charge is -2.12. The zero-order chi connectivity index (χ0) is 30.9. The van der Waals surface area contributed by atoms with Gasteiger partial charge in [-0.05, 0) is 75.1 Å². The highest BCUT2D eigenvalue weighted by atomic mass is 16.3. The Morgan fingerprint density at radius 2 is 0.957 bits per heavy atom. The van der Waals surface area contributed by atoms with Gasteiger partial charge in [-0.1, -0.05) is 115 Å². The van der Waals surface area contributed by atoms with E-state index in [1.165, 1.54) is 21.5 Å². The summed E-state index contributed by atoms with van der Waals surface area (Å²) in [7, 11) is 0. The van der Waals surface area contributed by atoms with Crippen LogP contribution >= 0.6 is 0 Å². The van der Waals surface area contributed by atoms with E-state index in [1.54, 1.807) is 0 Å². The Labute approximate surface area is 270 Å². The Balaban J connectivity index is 1.11. The minimum Gasteiger partial charge on any atom is -0.456 e. The van der Waals surface area contributed by atoms with Gasteiger partial charge in [-0.15, -0.1) is 0 Å². The summed E-state index contributed by atoms with van der Waals surface area (Å²) in [5.41, 5.74) is 9.97. The van der Waals surface area contributed by atoms with E-state index in [9.17, 15) is 0 Å². The summed E-state index contributed by atoms with van der Waals surface area (Å²) in [6.45, 7) is 0. The van der Waals surface area contributed by atoms with E-state index in [4.69, 9.17) is 14.4 Å². The molecule has 10 aromatic rings. The molecule has 47 heavy (non-hydrogen) atoms. The number of rotatable bonds is 3. The van der Waals surface area contributed by atoms with Crippen LogP contribution in [0.1, 0.15) is 0 Å². The van der Waals surface area contributed by atoms with E-state index >= 15 is 0 Å². The van der Waals surface area contributed by atoms with Gasteiger partial charge in [0, 0.05) is 32.7 Å². The van der Waals surface area contributed by atoms with Crippen molar-refractivity contribution in [2.24, 2.45) is 0 Å². The van der Waals surface area contributed by atoms with Gasteiger partial charge in [0.1, 0.15) is 11.2 Å². The van der Waals surface area contributed by atoms with Crippen molar-refractivity contribution in [3.63, 3.8) is 0 Å². The highest BCUT2D eigenvalue weighted by Gasteiger charge is 2.14. The summed E-state index contributed by atoms with van der Waals surface area (Å²) in [6, 6.07) is 55.6. The average molecular weight is 599 g/mol. The van der Waals surface area contributed by atoms with Gasteiger partial charge < -0.3 is 4.42 Å². The molecule has 0 radical (unpaired) electrons. The number of furan rings is 1. The zero-order valence-electron chi connectivity index (χ0n) is 25.3. The van der Waals surface area contributed by atoms with Crippen LogP contribution in [0.2, 0.25) is 0 Å². The highest BCUT2D eigenvalue weighted by molar-refractivity contribution is 6.14. The molecule has 0 aliphatic rings. The first-order valence-corrected chi connectivity index (χ1v) is 15.9. The van der Waals surface area contributed by atoms with E-state index in [0.29, 0.717) is 0 Å². The molecule has 7 aromatic carbocycles. The lowest BCUT2D eigenvalue weighted by molar-refractivity contribution is 0.669. The summed E-state index contributed by atoms with van der Waals surface area (Å²) in [5, 5.41) is 9.30. The van der Waals surface area contributed by atoms with Crippen molar-refractivity contribution in [2.45, 2.75) is 0 Å². The number of aromatic nitrogens is 2. The third-order valence-electron chi connectivity index (χ3n) is 9.43. The molecule has 3 nitrogen and oxygen atoms in total. The number of hydrogen-bond acceptors (Lipinski definition) is 3. The summed E-state index contributed by atoms with van der Waals surface area (Å²) in [5.74, 6) is 0. The Kier molecular flexibility index (Phi) is 5.57. The van der Waals surface area contributed by atoms with Crippen LogP contribution in [0.15, 0.2) is 162 Å². The van der Waals surface area contributed by atoms with Crippen molar-refractivity contribution in [1.29, 1.82) is 0 Å². The predicted molar refractivity (Wildman–Crippen MR) is 196 cm³/mol. The lowest BCUT2D eigenvalue weighted by atomic mass is 9.95. The van der Waals surface area contributed by atoms with Crippen molar-refractivity contribution < 1.29 is 4.42 Å². The van der Waals surface area contributed by atoms with Gasteiger partial charge in [-0.2, -0.15) is 0 Å². The molecule has 10 rings (SSSR count). The average Bonchev–Trinajstić information content (AvgIpc) is 3.52. The first-order chi connectivity index (χ1) is 23.3. The maximum absolute atomic E-state index is 6.07. The molecule has 0 saturated heterocycles. The molecule has 0 atom stereocenters. The zero-order valence-corrected chi connectivity index (χ0v) is 25.3. The maximum atomic E-state index is 6.07. The van der Waals surface area contributed by atoms with Crippen molar-refractivity contribution in [3.05, 3.63) is 158 Å². The molecule has 0 spiro atoms. The molecule has 3 heterocycles. The van der Waals surface area contributed by atoms with Crippen LogP contribution in [-0.2, 0) is 0 Å². The molecular formula is C44H26N2O. The lowest BCUT2D eigenvalue weighted by Crippen LogP contribution is -1.92. The molecule has 0 N–H and O–H groups in total. The Morgan fingerprint density at radius 1 is 0.340 bits per heavy atom. The van der Waals surface area contributed by atoms with Crippen LogP contribution in [0, 0.1) is 0 Å². The first kappa shape index (κ1) is 26.0. The molecule has 218 valence electrons. The third kappa shape index (κ3) is 4.14. The van der Waals surface area contributed by atoms with Gasteiger partial charge in [0.2, 0.25) is 0 Å². The second-order valence-electron chi connectivity index (χ2n) is 12.2. The van der Waals surface area contributed by atoms with Crippen LogP contribution in [0.5, 0.6) is 0 Å². The monoisotopic (exact) mass is 598 g/mol.